The molecule has 1 rings (SSSR count). The van der Waals surface area contributed by atoms with Gasteiger partial charge in [-0.2, -0.15) is 0 Å². The number of carbonyl (C=O) groups excluding carboxylic acids is 3. The van der Waals surface area contributed by atoms with Crippen LogP contribution in [0.25, 0.3) is 0 Å². The van der Waals surface area contributed by atoms with Gasteiger partial charge in [-0.15, -0.1) is 0 Å². The van der Waals surface area contributed by atoms with Crippen molar-refractivity contribution in [3.63, 3.8) is 0 Å². The summed E-state index contributed by atoms with van der Waals surface area (Å²) in [5, 5.41) is 31.5. The number of aliphatic hydroxyl groups excluding tert-OH is 2. The lowest BCUT2D eigenvalue weighted by atomic mass is 9.98. The molecule has 0 radical (unpaired) electrons. The number of unbranched alkanes of at least 4 members (excludes halogenated alkanes) is 24. The molecule has 1 saturated heterocycles. The Morgan fingerprint density at radius 2 is 0.840 bits per heavy atom. The fourth-order valence-corrected chi connectivity index (χ4v) is 8.75. The Bertz CT molecular complexity index is 1580. The number of carbonyl (C=O) groups is 4. The molecule has 6 unspecified atom stereocenters. The molecular weight excluding hydrogens is 949 g/mol. The molecule has 430 valence electrons. The van der Waals surface area contributed by atoms with E-state index in [1.807, 2.05) is 0 Å². The minimum absolute atomic E-state index is 0.0221. The third-order valence-corrected chi connectivity index (χ3v) is 13.3. The average molecular weight is 1060 g/mol. The first-order chi connectivity index (χ1) is 36.6. The van der Waals surface area contributed by atoms with Crippen LogP contribution in [-0.4, -0.2) is 89.2 Å². The van der Waals surface area contributed by atoms with Crippen molar-refractivity contribution in [2.75, 3.05) is 13.2 Å². The highest BCUT2D eigenvalue weighted by atomic mass is 16.7. The number of ether oxygens (including phenoxy) is 5. The Hall–Kier alpha value is -3.84. The number of hydrogen-bond acceptors (Lipinski definition) is 11. The molecule has 0 aromatic carbocycles. The van der Waals surface area contributed by atoms with E-state index in [0.29, 0.717) is 19.3 Å². The largest absolute Gasteiger partial charge is 0.479 e. The molecule has 1 aliphatic rings. The van der Waals surface area contributed by atoms with Crippen LogP contribution in [0.1, 0.15) is 252 Å². The molecule has 1 fully saturated rings. The van der Waals surface area contributed by atoms with Crippen LogP contribution in [0.4, 0.5) is 0 Å². The summed E-state index contributed by atoms with van der Waals surface area (Å²) in [6.45, 7) is 5.75. The monoisotopic (exact) mass is 1050 g/mol. The summed E-state index contributed by atoms with van der Waals surface area (Å²) >= 11 is 0. The molecule has 1 heterocycles. The van der Waals surface area contributed by atoms with Gasteiger partial charge in [-0.05, 0) is 83.5 Å². The molecule has 0 amide bonds. The van der Waals surface area contributed by atoms with Gasteiger partial charge in [0.05, 0.1) is 6.61 Å². The van der Waals surface area contributed by atoms with Crippen LogP contribution in [0, 0.1) is 0 Å². The van der Waals surface area contributed by atoms with E-state index in [4.69, 9.17) is 23.7 Å². The first-order valence-electron chi connectivity index (χ1n) is 29.9. The predicted molar refractivity (Wildman–Crippen MR) is 303 cm³/mol. The maximum absolute atomic E-state index is 13.1. The second-order valence-corrected chi connectivity index (χ2v) is 20.2. The lowest BCUT2D eigenvalue weighted by Crippen LogP contribution is -2.61. The molecular formula is C63H106O12. The average Bonchev–Trinajstić information content (AvgIpc) is 3.39. The molecule has 1 aliphatic heterocycles. The van der Waals surface area contributed by atoms with Gasteiger partial charge < -0.3 is 39.0 Å². The summed E-state index contributed by atoms with van der Waals surface area (Å²) in [5.74, 6) is -3.17. The Labute approximate surface area is 455 Å². The van der Waals surface area contributed by atoms with E-state index >= 15 is 0 Å². The topological polar surface area (TPSA) is 175 Å². The molecule has 6 atom stereocenters. The molecule has 0 saturated carbocycles. The van der Waals surface area contributed by atoms with Crippen molar-refractivity contribution in [3.05, 3.63) is 72.9 Å². The van der Waals surface area contributed by atoms with E-state index in [2.05, 4.69) is 93.7 Å². The van der Waals surface area contributed by atoms with Crippen molar-refractivity contribution in [3.8, 4) is 0 Å². The van der Waals surface area contributed by atoms with Crippen molar-refractivity contribution >= 4 is 23.9 Å². The first-order valence-corrected chi connectivity index (χ1v) is 29.9. The van der Waals surface area contributed by atoms with Crippen molar-refractivity contribution in [2.45, 2.75) is 289 Å². The Morgan fingerprint density at radius 1 is 0.453 bits per heavy atom. The molecule has 0 aromatic heterocycles. The van der Waals surface area contributed by atoms with Crippen LogP contribution in [-0.2, 0) is 42.9 Å². The lowest BCUT2D eigenvalue weighted by molar-refractivity contribution is -0.301. The zero-order valence-electron chi connectivity index (χ0n) is 47.3. The summed E-state index contributed by atoms with van der Waals surface area (Å²) in [7, 11) is 0. The SMILES string of the molecule is CC/C=C\C/C=C\C/C=C\CCCCCCCC(=O)OC(COC(=O)CCCCCCCCCCCCCCCCCCC)COC1OC(C(=O)O)C(O)C(O)C1OC(=O)CCCCC/C=C\C/C=C\C/C=C\CC. The van der Waals surface area contributed by atoms with E-state index in [1.165, 1.54) is 83.5 Å². The molecule has 75 heavy (non-hydrogen) atoms. The number of aliphatic carboxylic acids is 1. The van der Waals surface area contributed by atoms with E-state index in [9.17, 15) is 34.5 Å². The van der Waals surface area contributed by atoms with Crippen molar-refractivity contribution in [1.29, 1.82) is 0 Å². The molecule has 3 N–H and O–H groups in total. The summed E-state index contributed by atoms with van der Waals surface area (Å²) in [5.41, 5.74) is 0. The Balaban J connectivity index is 2.70. The first kappa shape index (κ1) is 69.2. The van der Waals surface area contributed by atoms with Crippen LogP contribution in [0.3, 0.4) is 0 Å². The maximum atomic E-state index is 13.1. The number of allylic oxidation sites excluding steroid dienone is 12. The number of carboxylic acid groups (broad SMARTS) is 1. The van der Waals surface area contributed by atoms with E-state index in [-0.39, 0.29) is 25.9 Å². The fourth-order valence-electron chi connectivity index (χ4n) is 8.75. The van der Waals surface area contributed by atoms with Crippen LogP contribution >= 0.6 is 0 Å². The highest BCUT2D eigenvalue weighted by Crippen LogP contribution is 2.26. The summed E-state index contributed by atoms with van der Waals surface area (Å²) < 4.78 is 28.4. The van der Waals surface area contributed by atoms with Gasteiger partial charge in [0.15, 0.2) is 24.6 Å². The molecule has 12 nitrogen and oxygen atoms in total. The lowest BCUT2D eigenvalue weighted by Gasteiger charge is -2.40. The van der Waals surface area contributed by atoms with Gasteiger partial charge >= 0.3 is 23.9 Å². The molecule has 0 bridgehead atoms. The van der Waals surface area contributed by atoms with Gasteiger partial charge in [-0.3, -0.25) is 14.4 Å². The number of hydrogen-bond donors (Lipinski definition) is 3. The second kappa shape index (κ2) is 50.9. The molecule has 12 heteroatoms. The summed E-state index contributed by atoms with van der Waals surface area (Å²) in [4.78, 5) is 51.1. The molecule has 0 spiro atoms. The van der Waals surface area contributed by atoms with E-state index in [1.54, 1.807) is 0 Å². The zero-order valence-corrected chi connectivity index (χ0v) is 47.3. The van der Waals surface area contributed by atoms with Gasteiger partial charge in [0.1, 0.15) is 18.8 Å². The van der Waals surface area contributed by atoms with Gasteiger partial charge in [-0.1, -0.05) is 222 Å². The third kappa shape index (κ3) is 41.0. The maximum Gasteiger partial charge on any atom is 0.335 e. The van der Waals surface area contributed by atoms with Gasteiger partial charge in [0.2, 0.25) is 0 Å². The van der Waals surface area contributed by atoms with Crippen LogP contribution < -0.4 is 0 Å². The predicted octanol–water partition coefficient (Wildman–Crippen LogP) is 15.3. The highest BCUT2D eigenvalue weighted by molar-refractivity contribution is 5.74. The van der Waals surface area contributed by atoms with E-state index in [0.717, 1.165) is 109 Å². The Morgan fingerprint density at radius 3 is 1.29 bits per heavy atom. The third-order valence-electron chi connectivity index (χ3n) is 13.3. The smallest absolute Gasteiger partial charge is 0.335 e. The number of aliphatic hydroxyl groups is 2. The van der Waals surface area contributed by atoms with Crippen molar-refractivity contribution in [2.24, 2.45) is 0 Å². The van der Waals surface area contributed by atoms with Gasteiger partial charge in [-0.25, -0.2) is 4.79 Å². The van der Waals surface area contributed by atoms with Gasteiger partial charge in [0, 0.05) is 19.3 Å². The van der Waals surface area contributed by atoms with Gasteiger partial charge in [0.25, 0.3) is 0 Å². The minimum atomic E-state index is -1.92. The number of rotatable bonds is 50. The highest BCUT2D eigenvalue weighted by Gasteiger charge is 2.50. The fraction of sp³-hybridized carbons (Fsp3) is 0.746. The Kier molecular flexibility index (Phi) is 47.0. The number of carboxylic acids is 1. The number of esters is 3. The van der Waals surface area contributed by atoms with E-state index < -0.39 is 67.3 Å². The minimum Gasteiger partial charge on any atom is -0.479 e. The van der Waals surface area contributed by atoms with Crippen LogP contribution in [0.5, 0.6) is 0 Å². The molecule has 0 aliphatic carbocycles. The van der Waals surface area contributed by atoms with Crippen LogP contribution in [0.2, 0.25) is 0 Å². The summed E-state index contributed by atoms with van der Waals surface area (Å²) in [6.07, 6.45) is 51.6. The van der Waals surface area contributed by atoms with Crippen LogP contribution in [0.15, 0.2) is 72.9 Å². The molecule has 0 aromatic rings. The zero-order chi connectivity index (χ0) is 54.7. The summed E-state index contributed by atoms with van der Waals surface area (Å²) in [6, 6.07) is 0. The normalized spacial score (nSPS) is 18.7. The van der Waals surface area contributed by atoms with Crippen molar-refractivity contribution in [1.82, 2.24) is 0 Å². The standard InChI is InChI=1S/C63H106O12/c1-4-7-10-13-16-19-22-25-27-28-30-32-34-37-40-43-46-49-55(64)71-52-54(73-56(65)50-47-44-41-38-36-33-29-26-23-20-17-14-11-8-5-2)53-72-63-61(59(68)58(67)60(75-63)62(69)70)74-57(66)51-48-45-42-39-35-31-24-21-18-15-12-9-6-3/h8-9,11-12,17-18,20-21,26,29,31,35,54,58-61,63,67-68H,4-7,10,13-16,19,22-25,27-28,30,32-34,36-53H2,1-3H3,(H,69,70)/b11-8-,12-9-,20-17-,21-18-,29-26-,35-31-. The van der Waals surface area contributed by atoms with Crippen molar-refractivity contribution < 1.29 is 58.2 Å². The second-order valence-electron chi connectivity index (χ2n) is 20.2. The quantitative estimate of drug-likeness (QED) is 0.0228.